The minimum Gasteiger partial charge on any atom is -0.454 e. The van der Waals surface area contributed by atoms with E-state index in [1.165, 1.54) is 6.07 Å². The molecule has 0 amide bonds. The van der Waals surface area contributed by atoms with Crippen molar-refractivity contribution in [1.82, 2.24) is 25.0 Å². The Hall–Kier alpha value is -2.94. The summed E-state index contributed by atoms with van der Waals surface area (Å²) in [6.45, 7) is 0.198. The molecule has 0 spiro atoms. The summed E-state index contributed by atoms with van der Waals surface area (Å²) in [5.41, 5.74) is 0.961. The molecular formula is C13H9N5O3S. The fourth-order valence-corrected chi connectivity index (χ4v) is 2.44. The van der Waals surface area contributed by atoms with Gasteiger partial charge in [0.15, 0.2) is 22.1 Å². The van der Waals surface area contributed by atoms with Crippen molar-refractivity contribution in [2.45, 2.75) is 0 Å². The van der Waals surface area contributed by atoms with E-state index >= 15 is 0 Å². The highest BCUT2D eigenvalue weighted by Crippen LogP contribution is 2.34. The standard InChI is InChI=1S/C13H9N5O3S/c19-11-4-2-8(14-15-11)12-16-17-13(22)18(12)7-1-3-9-10(5-7)21-6-20-9/h1-5H,6H2,(H,15,19)(H,17,22). The Bertz CT molecular complexity index is 954. The van der Waals surface area contributed by atoms with Crippen LogP contribution in [0.5, 0.6) is 11.5 Å². The first kappa shape index (κ1) is 12.8. The van der Waals surface area contributed by atoms with Crippen molar-refractivity contribution < 1.29 is 9.47 Å². The maximum Gasteiger partial charge on any atom is 0.264 e. The van der Waals surface area contributed by atoms with Crippen LogP contribution in [-0.2, 0) is 0 Å². The van der Waals surface area contributed by atoms with Gasteiger partial charge in [0.2, 0.25) is 6.79 Å². The molecule has 0 atom stereocenters. The average Bonchev–Trinajstić information content (AvgIpc) is 3.13. The Morgan fingerprint density at radius 1 is 1.09 bits per heavy atom. The molecule has 0 aliphatic carbocycles. The van der Waals surface area contributed by atoms with E-state index in [1.54, 1.807) is 16.7 Å². The molecule has 110 valence electrons. The van der Waals surface area contributed by atoms with E-state index in [4.69, 9.17) is 21.7 Å². The molecule has 22 heavy (non-hydrogen) atoms. The Labute approximate surface area is 128 Å². The maximum atomic E-state index is 11.1. The molecule has 0 unspecified atom stereocenters. The maximum absolute atomic E-state index is 11.1. The van der Waals surface area contributed by atoms with Crippen molar-refractivity contribution in [2.75, 3.05) is 6.79 Å². The van der Waals surface area contributed by atoms with Crippen LogP contribution in [0.1, 0.15) is 0 Å². The Balaban J connectivity index is 1.89. The van der Waals surface area contributed by atoms with Gasteiger partial charge in [-0.25, -0.2) is 5.10 Å². The summed E-state index contributed by atoms with van der Waals surface area (Å²) in [4.78, 5) is 11.1. The zero-order chi connectivity index (χ0) is 15.1. The minimum absolute atomic E-state index is 0.198. The smallest absolute Gasteiger partial charge is 0.264 e. The number of hydrogen-bond donors (Lipinski definition) is 2. The van der Waals surface area contributed by atoms with E-state index in [2.05, 4.69) is 20.4 Å². The molecule has 0 radical (unpaired) electrons. The number of benzene rings is 1. The van der Waals surface area contributed by atoms with Crippen molar-refractivity contribution in [3.05, 3.63) is 45.5 Å². The summed E-state index contributed by atoms with van der Waals surface area (Å²) in [5, 5.41) is 13.3. The molecule has 1 aliphatic rings. The molecule has 0 saturated heterocycles. The van der Waals surface area contributed by atoms with Crippen molar-refractivity contribution in [2.24, 2.45) is 0 Å². The van der Waals surface area contributed by atoms with Crippen LogP contribution in [0.2, 0.25) is 0 Å². The molecule has 0 fully saturated rings. The fraction of sp³-hybridized carbons (Fsp3) is 0.0769. The predicted molar refractivity (Wildman–Crippen MR) is 78.7 cm³/mol. The van der Waals surface area contributed by atoms with Crippen LogP contribution < -0.4 is 15.0 Å². The number of nitrogens with zero attached hydrogens (tertiary/aromatic N) is 3. The first-order valence-electron chi connectivity index (χ1n) is 6.36. The van der Waals surface area contributed by atoms with E-state index in [1.807, 2.05) is 12.1 Å². The number of H-pyrrole nitrogens is 2. The van der Waals surface area contributed by atoms with Gasteiger partial charge >= 0.3 is 0 Å². The van der Waals surface area contributed by atoms with Crippen LogP contribution in [0.15, 0.2) is 35.1 Å². The number of aromatic nitrogens is 5. The molecule has 2 N–H and O–H groups in total. The Morgan fingerprint density at radius 3 is 2.77 bits per heavy atom. The molecule has 0 saturated carbocycles. The first-order valence-corrected chi connectivity index (χ1v) is 6.77. The third-order valence-corrected chi connectivity index (χ3v) is 3.47. The molecule has 4 rings (SSSR count). The quantitative estimate of drug-likeness (QED) is 0.694. The van der Waals surface area contributed by atoms with Gasteiger partial charge in [0.05, 0.1) is 5.69 Å². The lowest BCUT2D eigenvalue weighted by molar-refractivity contribution is 0.174. The Morgan fingerprint density at radius 2 is 1.95 bits per heavy atom. The van der Waals surface area contributed by atoms with Crippen LogP contribution in [0.3, 0.4) is 0 Å². The SMILES string of the molecule is O=c1ccc(-c2n[nH]c(=S)n2-c2ccc3c(c2)OCO3)n[nH]1. The number of aromatic amines is 2. The Kier molecular flexibility index (Phi) is 2.79. The van der Waals surface area contributed by atoms with E-state index in [9.17, 15) is 4.79 Å². The van der Waals surface area contributed by atoms with Crippen molar-refractivity contribution in [3.63, 3.8) is 0 Å². The third kappa shape index (κ3) is 1.99. The van der Waals surface area contributed by atoms with Crippen LogP contribution in [0.25, 0.3) is 17.2 Å². The first-order chi connectivity index (χ1) is 10.7. The normalized spacial score (nSPS) is 12.5. The molecule has 3 aromatic rings. The zero-order valence-electron chi connectivity index (χ0n) is 11.1. The fourth-order valence-electron chi connectivity index (χ4n) is 2.20. The number of rotatable bonds is 2. The molecule has 1 aliphatic heterocycles. The van der Waals surface area contributed by atoms with Crippen LogP contribution >= 0.6 is 12.2 Å². The summed E-state index contributed by atoms with van der Waals surface area (Å²) < 4.78 is 12.8. The van der Waals surface area contributed by atoms with Gasteiger partial charge in [-0.15, -0.1) is 0 Å². The molecule has 8 nitrogen and oxygen atoms in total. The number of ether oxygens (including phenoxy) is 2. The van der Waals surface area contributed by atoms with Gasteiger partial charge in [0.25, 0.3) is 5.56 Å². The molecule has 0 bridgehead atoms. The summed E-state index contributed by atoms with van der Waals surface area (Å²) in [6.07, 6.45) is 0. The van der Waals surface area contributed by atoms with Crippen molar-refractivity contribution >= 4 is 12.2 Å². The number of hydrogen-bond acceptors (Lipinski definition) is 6. The predicted octanol–water partition coefficient (Wildman–Crippen LogP) is 1.41. The van der Waals surface area contributed by atoms with Crippen LogP contribution in [0.4, 0.5) is 0 Å². The van der Waals surface area contributed by atoms with Gasteiger partial charge in [0.1, 0.15) is 5.69 Å². The second kappa shape index (κ2) is 4.81. The van der Waals surface area contributed by atoms with Crippen molar-refractivity contribution in [1.29, 1.82) is 0 Å². The highest BCUT2D eigenvalue weighted by molar-refractivity contribution is 7.71. The van der Waals surface area contributed by atoms with Gasteiger partial charge in [-0.05, 0) is 30.4 Å². The topological polar surface area (TPSA) is 97.8 Å². The van der Waals surface area contributed by atoms with E-state index in [0.29, 0.717) is 27.8 Å². The highest BCUT2D eigenvalue weighted by Gasteiger charge is 2.17. The second-order valence-electron chi connectivity index (χ2n) is 4.53. The highest BCUT2D eigenvalue weighted by atomic mass is 32.1. The van der Waals surface area contributed by atoms with Crippen LogP contribution in [-0.4, -0.2) is 31.8 Å². The van der Waals surface area contributed by atoms with Gasteiger partial charge in [-0.1, -0.05) is 0 Å². The molecule has 9 heteroatoms. The van der Waals surface area contributed by atoms with E-state index < -0.39 is 0 Å². The lowest BCUT2D eigenvalue weighted by atomic mass is 10.2. The third-order valence-electron chi connectivity index (χ3n) is 3.19. The summed E-state index contributed by atoms with van der Waals surface area (Å²) in [5.74, 6) is 1.81. The monoisotopic (exact) mass is 315 g/mol. The van der Waals surface area contributed by atoms with Crippen LogP contribution in [0, 0.1) is 4.77 Å². The molecular weight excluding hydrogens is 306 g/mol. The summed E-state index contributed by atoms with van der Waals surface area (Å²) >= 11 is 5.28. The summed E-state index contributed by atoms with van der Waals surface area (Å²) in [6, 6.07) is 8.41. The molecule has 3 heterocycles. The minimum atomic E-state index is -0.285. The molecule has 2 aromatic heterocycles. The zero-order valence-corrected chi connectivity index (χ0v) is 11.9. The van der Waals surface area contributed by atoms with Gasteiger partial charge < -0.3 is 9.47 Å². The largest absolute Gasteiger partial charge is 0.454 e. The number of fused-ring (bicyclic) bond motifs is 1. The average molecular weight is 315 g/mol. The van der Waals surface area contributed by atoms with E-state index in [-0.39, 0.29) is 12.4 Å². The lowest BCUT2D eigenvalue weighted by Gasteiger charge is -2.07. The second-order valence-corrected chi connectivity index (χ2v) is 4.92. The summed E-state index contributed by atoms with van der Waals surface area (Å²) in [7, 11) is 0. The van der Waals surface area contributed by atoms with Crippen molar-refractivity contribution in [3.8, 4) is 28.7 Å². The van der Waals surface area contributed by atoms with Gasteiger partial charge in [-0.3, -0.25) is 14.5 Å². The van der Waals surface area contributed by atoms with Gasteiger partial charge in [-0.2, -0.15) is 10.2 Å². The lowest BCUT2D eigenvalue weighted by Crippen LogP contribution is -2.07. The van der Waals surface area contributed by atoms with E-state index in [0.717, 1.165) is 5.69 Å². The van der Waals surface area contributed by atoms with Gasteiger partial charge in [0, 0.05) is 12.1 Å². The number of nitrogens with one attached hydrogen (secondary N) is 2. The molecule has 1 aromatic carbocycles.